The highest BCUT2D eigenvalue weighted by Crippen LogP contribution is 2.25. The summed E-state index contributed by atoms with van der Waals surface area (Å²) in [5, 5.41) is 14.9. The van der Waals surface area contributed by atoms with E-state index in [2.05, 4.69) is 15.3 Å². The average Bonchev–Trinajstić information content (AvgIpc) is 2.74. The number of non-ortho nitro benzene ring substituents is 1. The maximum Gasteiger partial charge on any atom is 0.270 e. The summed E-state index contributed by atoms with van der Waals surface area (Å²) in [4.78, 5) is 19.0. The predicted molar refractivity (Wildman–Crippen MR) is 111 cm³/mol. The zero-order valence-electron chi connectivity index (χ0n) is 15.5. The lowest BCUT2D eigenvalue weighted by Gasteiger charge is -2.10. The fraction of sp³-hybridized carbons (Fsp3) is 0.0909. The van der Waals surface area contributed by atoms with Gasteiger partial charge in [-0.1, -0.05) is 30.3 Å². The van der Waals surface area contributed by atoms with Crippen LogP contribution in [-0.4, -0.2) is 21.4 Å². The van der Waals surface area contributed by atoms with Crippen molar-refractivity contribution in [3.8, 4) is 11.5 Å². The third kappa shape index (κ3) is 4.47. The number of benzene rings is 3. The Kier molecular flexibility index (Phi) is 5.29. The molecule has 0 amide bonds. The van der Waals surface area contributed by atoms with Crippen LogP contribution in [0.25, 0.3) is 10.9 Å². The molecule has 144 valence electrons. The van der Waals surface area contributed by atoms with Crippen LogP contribution in [-0.2, 0) is 6.42 Å². The number of aromatic nitrogens is 2. The Morgan fingerprint density at radius 3 is 2.59 bits per heavy atom. The second kappa shape index (κ2) is 8.35. The van der Waals surface area contributed by atoms with E-state index < -0.39 is 4.92 Å². The molecule has 1 N–H and O–H groups in total. The fourth-order valence-electron chi connectivity index (χ4n) is 3.01. The lowest BCUT2D eigenvalue weighted by Crippen LogP contribution is -2.07. The normalized spacial score (nSPS) is 10.6. The van der Waals surface area contributed by atoms with Crippen molar-refractivity contribution in [2.45, 2.75) is 6.42 Å². The highest BCUT2D eigenvalue weighted by atomic mass is 16.6. The molecule has 0 radical (unpaired) electrons. The van der Waals surface area contributed by atoms with E-state index in [0.29, 0.717) is 23.3 Å². The molecule has 7 heteroatoms. The Morgan fingerprint density at radius 1 is 0.931 bits per heavy atom. The number of nitrogens with one attached hydrogen (secondary N) is 1. The van der Waals surface area contributed by atoms with Crippen LogP contribution in [0.3, 0.4) is 0 Å². The molecule has 0 unspecified atom stereocenters. The number of fused-ring (bicyclic) bond motifs is 1. The molecule has 3 aromatic carbocycles. The first-order valence-corrected chi connectivity index (χ1v) is 9.14. The number of hydrogen-bond donors (Lipinski definition) is 1. The number of nitro benzene ring substituents is 1. The molecule has 29 heavy (non-hydrogen) atoms. The van der Waals surface area contributed by atoms with Crippen molar-refractivity contribution in [1.82, 2.24) is 9.97 Å². The number of nitrogens with zero attached hydrogens (tertiary/aromatic N) is 3. The van der Waals surface area contributed by atoms with E-state index in [9.17, 15) is 10.1 Å². The van der Waals surface area contributed by atoms with Crippen LogP contribution in [0.2, 0.25) is 0 Å². The van der Waals surface area contributed by atoms with Gasteiger partial charge in [-0.15, -0.1) is 0 Å². The van der Waals surface area contributed by atoms with Crippen molar-refractivity contribution >= 4 is 22.4 Å². The average molecular weight is 386 g/mol. The highest BCUT2D eigenvalue weighted by molar-refractivity contribution is 5.90. The Labute approximate surface area is 167 Å². The van der Waals surface area contributed by atoms with Gasteiger partial charge in [0.15, 0.2) is 0 Å². The second-order valence-electron chi connectivity index (χ2n) is 6.42. The van der Waals surface area contributed by atoms with Crippen molar-refractivity contribution < 1.29 is 9.66 Å². The van der Waals surface area contributed by atoms with E-state index in [-0.39, 0.29) is 5.69 Å². The fourth-order valence-corrected chi connectivity index (χ4v) is 3.01. The molecule has 0 bridgehead atoms. The first-order valence-electron chi connectivity index (χ1n) is 9.14. The van der Waals surface area contributed by atoms with E-state index >= 15 is 0 Å². The van der Waals surface area contributed by atoms with Crippen molar-refractivity contribution in [3.05, 3.63) is 94.8 Å². The third-order valence-electron chi connectivity index (χ3n) is 4.41. The molecule has 0 saturated heterocycles. The Hall–Kier alpha value is -4.00. The smallest absolute Gasteiger partial charge is 0.270 e. The van der Waals surface area contributed by atoms with Crippen LogP contribution >= 0.6 is 0 Å². The number of hydrogen-bond acceptors (Lipinski definition) is 6. The molecule has 1 aromatic heterocycles. The van der Waals surface area contributed by atoms with Gasteiger partial charge in [-0.25, -0.2) is 9.97 Å². The van der Waals surface area contributed by atoms with Crippen LogP contribution in [0.1, 0.15) is 5.56 Å². The summed E-state index contributed by atoms with van der Waals surface area (Å²) in [6, 6.07) is 22.1. The summed E-state index contributed by atoms with van der Waals surface area (Å²) < 4.78 is 5.87. The van der Waals surface area contributed by atoms with Crippen LogP contribution in [0.4, 0.5) is 11.5 Å². The first-order chi connectivity index (χ1) is 14.2. The van der Waals surface area contributed by atoms with Gasteiger partial charge in [0.05, 0.1) is 10.4 Å². The molecule has 0 aliphatic carbocycles. The minimum Gasteiger partial charge on any atom is -0.457 e. The minimum absolute atomic E-state index is 0.0149. The standard InChI is InChI=1S/C22H18N4O3/c27-26(28)17-9-10-21-20(14-17)22(25-15-24-21)23-12-11-16-5-4-8-19(13-16)29-18-6-2-1-3-7-18/h1-10,13-15H,11-12H2,(H,23,24,25). The van der Waals surface area contributed by atoms with Gasteiger partial charge >= 0.3 is 0 Å². The molecular formula is C22H18N4O3. The Bertz CT molecular complexity index is 1150. The molecular weight excluding hydrogens is 368 g/mol. The summed E-state index contributed by atoms with van der Waals surface area (Å²) in [6.07, 6.45) is 2.19. The molecule has 4 aromatic rings. The monoisotopic (exact) mass is 386 g/mol. The molecule has 0 aliphatic rings. The van der Waals surface area contributed by atoms with Crippen LogP contribution in [0.5, 0.6) is 11.5 Å². The van der Waals surface area contributed by atoms with Crippen LogP contribution < -0.4 is 10.1 Å². The third-order valence-corrected chi connectivity index (χ3v) is 4.41. The van der Waals surface area contributed by atoms with Gasteiger partial charge in [-0.05, 0) is 42.3 Å². The first kappa shape index (κ1) is 18.4. The minimum atomic E-state index is -0.422. The topological polar surface area (TPSA) is 90.2 Å². The van der Waals surface area contributed by atoms with Crippen molar-refractivity contribution in [2.24, 2.45) is 0 Å². The molecule has 1 heterocycles. The zero-order valence-corrected chi connectivity index (χ0v) is 15.5. The van der Waals surface area contributed by atoms with Crippen LogP contribution in [0.15, 0.2) is 79.1 Å². The van der Waals surface area contributed by atoms with E-state index in [0.717, 1.165) is 23.5 Å². The van der Waals surface area contributed by atoms with Gasteiger partial charge in [0.2, 0.25) is 0 Å². The summed E-state index contributed by atoms with van der Waals surface area (Å²) in [5.74, 6) is 2.14. The number of nitro groups is 1. The molecule has 4 rings (SSSR count). The quantitative estimate of drug-likeness (QED) is 0.356. The SMILES string of the molecule is O=[N+]([O-])c1ccc2ncnc(NCCc3cccc(Oc4ccccc4)c3)c2c1. The summed E-state index contributed by atoms with van der Waals surface area (Å²) in [7, 11) is 0. The predicted octanol–water partition coefficient (Wildman–Crippen LogP) is 4.98. The van der Waals surface area contributed by atoms with Gasteiger partial charge in [0.25, 0.3) is 5.69 Å². The molecule has 0 aliphatic heterocycles. The van der Waals surface area contributed by atoms with Gasteiger partial charge in [0, 0.05) is 24.1 Å². The van der Waals surface area contributed by atoms with Crippen molar-refractivity contribution in [2.75, 3.05) is 11.9 Å². The van der Waals surface area contributed by atoms with Gasteiger partial charge < -0.3 is 10.1 Å². The highest BCUT2D eigenvalue weighted by Gasteiger charge is 2.10. The summed E-state index contributed by atoms with van der Waals surface area (Å²) in [5.41, 5.74) is 1.78. The lowest BCUT2D eigenvalue weighted by molar-refractivity contribution is -0.384. The zero-order chi connectivity index (χ0) is 20.1. The number of rotatable bonds is 7. The van der Waals surface area contributed by atoms with E-state index in [4.69, 9.17) is 4.74 Å². The van der Waals surface area contributed by atoms with Crippen molar-refractivity contribution in [3.63, 3.8) is 0 Å². The molecule has 0 atom stereocenters. The maximum absolute atomic E-state index is 11.1. The van der Waals surface area contributed by atoms with Gasteiger partial charge in [0.1, 0.15) is 23.6 Å². The molecule has 0 saturated carbocycles. The van der Waals surface area contributed by atoms with Crippen LogP contribution in [0, 0.1) is 10.1 Å². The largest absolute Gasteiger partial charge is 0.457 e. The van der Waals surface area contributed by atoms with Gasteiger partial charge in [-0.2, -0.15) is 0 Å². The summed E-state index contributed by atoms with van der Waals surface area (Å²) in [6.45, 7) is 0.615. The maximum atomic E-state index is 11.1. The van der Waals surface area contributed by atoms with Crippen molar-refractivity contribution in [1.29, 1.82) is 0 Å². The van der Waals surface area contributed by atoms with E-state index in [1.54, 1.807) is 6.07 Å². The summed E-state index contributed by atoms with van der Waals surface area (Å²) >= 11 is 0. The number of para-hydroxylation sites is 1. The molecule has 7 nitrogen and oxygen atoms in total. The Morgan fingerprint density at radius 2 is 1.76 bits per heavy atom. The number of ether oxygens (including phenoxy) is 1. The molecule has 0 fully saturated rings. The Balaban J connectivity index is 1.45. The lowest BCUT2D eigenvalue weighted by atomic mass is 10.1. The second-order valence-corrected chi connectivity index (χ2v) is 6.42. The van der Waals surface area contributed by atoms with Gasteiger partial charge in [-0.3, -0.25) is 10.1 Å². The molecule has 0 spiro atoms. The van der Waals surface area contributed by atoms with E-state index in [1.807, 2.05) is 54.6 Å². The van der Waals surface area contributed by atoms with E-state index in [1.165, 1.54) is 18.5 Å². The number of anilines is 1.